The Morgan fingerprint density at radius 3 is 2.31 bits per heavy atom. The van der Waals surface area contributed by atoms with Crippen molar-refractivity contribution in [1.82, 2.24) is 0 Å². The summed E-state index contributed by atoms with van der Waals surface area (Å²) < 4.78 is 2.03. The van der Waals surface area contributed by atoms with Crippen LogP contribution in [0.15, 0.2) is 4.99 Å². The van der Waals surface area contributed by atoms with Gasteiger partial charge in [0.1, 0.15) is 0 Å². The molecule has 0 saturated carbocycles. The molecule has 0 atom stereocenters. The SMILES string of the molecule is CC(C)N=CC(C)(C)C[CH]=[Ru]([Cl])[Cl]. The van der Waals surface area contributed by atoms with E-state index in [-0.39, 0.29) is 5.41 Å². The van der Waals surface area contributed by atoms with Crippen molar-refractivity contribution < 1.29 is 13.5 Å². The van der Waals surface area contributed by atoms with Crippen LogP contribution >= 0.6 is 19.4 Å². The van der Waals surface area contributed by atoms with Crippen molar-refractivity contribution in [1.29, 1.82) is 0 Å². The first-order valence-corrected chi connectivity index (χ1v) is 9.67. The molecule has 0 aromatic heterocycles. The van der Waals surface area contributed by atoms with E-state index in [4.69, 9.17) is 19.4 Å². The van der Waals surface area contributed by atoms with E-state index in [9.17, 15) is 0 Å². The normalized spacial score (nSPS) is 13.9. The quantitative estimate of drug-likeness (QED) is 0.555. The topological polar surface area (TPSA) is 12.4 Å². The van der Waals surface area contributed by atoms with Gasteiger partial charge in [-0.05, 0) is 0 Å². The van der Waals surface area contributed by atoms with Gasteiger partial charge in [-0.2, -0.15) is 0 Å². The van der Waals surface area contributed by atoms with Crippen LogP contribution in [0, 0.1) is 5.41 Å². The molecule has 0 aromatic carbocycles. The molecule has 0 unspecified atom stereocenters. The Labute approximate surface area is 94.0 Å². The molecule has 0 heterocycles. The number of nitrogens with zero attached hydrogens (tertiary/aromatic N) is 1. The summed E-state index contributed by atoms with van der Waals surface area (Å²) in [6, 6.07) is 0.361. The van der Waals surface area contributed by atoms with Crippen molar-refractivity contribution in [3.05, 3.63) is 0 Å². The van der Waals surface area contributed by atoms with Gasteiger partial charge in [-0.1, -0.05) is 0 Å². The van der Waals surface area contributed by atoms with Gasteiger partial charge in [0.2, 0.25) is 0 Å². The second kappa shape index (κ2) is 6.27. The number of hydrogen-bond acceptors (Lipinski definition) is 1. The monoisotopic (exact) mass is 311 g/mol. The van der Waals surface area contributed by atoms with Crippen molar-refractivity contribution >= 4 is 30.2 Å². The van der Waals surface area contributed by atoms with Gasteiger partial charge in [0, 0.05) is 0 Å². The number of rotatable bonds is 4. The minimum atomic E-state index is -1.60. The van der Waals surface area contributed by atoms with Crippen molar-refractivity contribution in [3.8, 4) is 0 Å². The zero-order chi connectivity index (χ0) is 10.5. The maximum absolute atomic E-state index is 5.76. The summed E-state index contributed by atoms with van der Waals surface area (Å²) >= 11 is -1.60. The van der Waals surface area contributed by atoms with E-state index >= 15 is 0 Å². The number of aliphatic imine (C=N–C) groups is 1. The van der Waals surface area contributed by atoms with Crippen LogP contribution in [0.3, 0.4) is 0 Å². The molecule has 0 saturated heterocycles. The molecule has 1 nitrogen and oxygen atoms in total. The van der Waals surface area contributed by atoms with E-state index in [0.717, 1.165) is 6.42 Å². The van der Waals surface area contributed by atoms with Crippen LogP contribution in [0.2, 0.25) is 0 Å². The molecule has 0 radical (unpaired) electrons. The first kappa shape index (κ1) is 13.7. The Morgan fingerprint density at radius 1 is 1.38 bits per heavy atom. The van der Waals surface area contributed by atoms with Crippen molar-refractivity contribution in [3.63, 3.8) is 0 Å². The average molecular weight is 311 g/mol. The van der Waals surface area contributed by atoms with Crippen molar-refractivity contribution in [2.75, 3.05) is 0 Å². The van der Waals surface area contributed by atoms with Gasteiger partial charge in [-0.25, -0.2) is 0 Å². The predicted molar refractivity (Wildman–Crippen MR) is 59.8 cm³/mol. The molecule has 0 fully saturated rings. The second-order valence-corrected chi connectivity index (χ2v) is 9.85. The summed E-state index contributed by atoms with van der Waals surface area (Å²) in [5, 5.41) is 0. The molecule has 0 N–H and O–H groups in total. The zero-order valence-corrected chi connectivity index (χ0v) is 11.7. The fourth-order valence-corrected chi connectivity index (χ4v) is 2.47. The van der Waals surface area contributed by atoms with Crippen molar-refractivity contribution in [2.24, 2.45) is 10.4 Å². The van der Waals surface area contributed by atoms with Gasteiger partial charge in [0.05, 0.1) is 0 Å². The molecule has 0 aromatic rings. The predicted octanol–water partition coefficient (Wildman–Crippen LogP) is 3.61. The molecule has 13 heavy (non-hydrogen) atoms. The molecule has 0 aliphatic rings. The van der Waals surface area contributed by atoms with Crippen molar-refractivity contribution in [2.45, 2.75) is 40.2 Å². The Bertz CT molecular complexity index is 206. The molecule has 0 amide bonds. The average Bonchev–Trinajstić information content (AvgIpc) is 1.98. The van der Waals surface area contributed by atoms with E-state index < -0.39 is 13.5 Å². The third kappa shape index (κ3) is 9.06. The van der Waals surface area contributed by atoms with Crippen LogP contribution in [0.5, 0.6) is 0 Å². The van der Waals surface area contributed by atoms with E-state index in [1.807, 2.05) is 10.8 Å². The first-order valence-electron chi connectivity index (χ1n) is 4.19. The van der Waals surface area contributed by atoms with E-state index in [1.165, 1.54) is 0 Å². The Hall–Kier alpha value is 0.743. The summed E-state index contributed by atoms with van der Waals surface area (Å²) in [5.74, 6) is 0. The molecule has 0 spiro atoms. The molecule has 80 valence electrons. The minimum absolute atomic E-state index is 0.0838. The molecule has 0 aliphatic heterocycles. The summed E-state index contributed by atoms with van der Waals surface area (Å²) in [6.07, 6.45) is 2.91. The third-order valence-electron chi connectivity index (χ3n) is 1.43. The van der Waals surface area contributed by atoms with Gasteiger partial charge >= 0.3 is 94.3 Å². The van der Waals surface area contributed by atoms with Crippen LogP contribution in [-0.4, -0.2) is 16.9 Å². The Balaban J connectivity index is 4.16. The Morgan fingerprint density at radius 2 is 1.92 bits per heavy atom. The maximum atomic E-state index is 5.76. The first-order chi connectivity index (χ1) is 5.83. The van der Waals surface area contributed by atoms with E-state index in [1.54, 1.807) is 0 Å². The standard InChI is InChI=1S/C9H17N.2ClH.Ru/c1-6-9(4,5)7-10-8(2)3;;;/h1,7-8H,6H2,2-5H3;2*1H;/q;;;+2/p-2. The number of hydrogen-bond donors (Lipinski definition) is 0. The summed E-state index contributed by atoms with van der Waals surface area (Å²) in [4.78, 5) is 4.36. The van der Waals surface area contributed by atoms with Gasteiger partial charge in [0.25, 0.3) is 0 Å². The molecular formula is C9H17Cl2NRu. The number of halogens is 2. The molecular weight excluding hydrogens is 294 g/mol. The van der Waals surface area contributed by atoms with Gasteiger partial charge in [-0.3, -0.25) is 0 Å². The van der Waals surface area contributed by atoms with Gasteiger partial charge in [-0.15, -0.1) is 0 Å². The van der Waals surface area contributed by atoms with Crippen LogP contribution < -0.4 is 0 Å². The molecule has 0 aliphatic carbocycles. The third-order valence-corrected chi connectivity index (χ3v) is 3.61. The molecule has 0 rings (SSSR count). The molecule has 0 bridgehead atoms. The van der Waals surface area contributed by atoms with E-state index in [0.29, 0.717) is 6.04 Å². The second-order valence-electron chi connectivity index (χ2n) is 3.91. The fourth-order valence-electron chi connectivity index (χ4n) is 0.644. The summed E-state index contributed by atoms with van der Waals surface area (Å²) in [6.45, 7) is 8.41. The summed E-state index contributed by atoms with van der Waals surface area (Å²) in [7, 11) is 11.5. The van der Waals surface area contributed by atoms with Crippen LogP contribution in [0.4, 0.5) is 0 Å². The van der Waals surface area contributed by atoms with E-state index in [2.05, 4.69) is 32.7 Å². The molecule has 4 heteroatoms. The zero-order valence-electron chi connectivity index (χ0n) is 8.50. The van der Waals surface area contributed by atoms with Crippen LogP contribution in [-0.2, 0) is 13.5 Å². The van der Waals surface area contributed by atoms with Gasteiger partial charge < -0.3 is 0 Å². The van der Waals surface area contributed by atoms with Gasteiger partial charge in [0.15, 0.2) is 0 Å². The van der Waals surface area contributed by atoms with Crippen LogP contribution in [0.25, 0.3) is 0 Å². The summed E-state index contributed by atoms with van der Waals surface area (Å²) in [5.41, 5.74) is 0.0838. The van der Waals surface area contributed by atoms with Crippen LogP contribution in [0.1, 0.15) is 34.1 Å². The fraction of sp³-hybridized carbons (Fsp3) is 0.778. The Kier molecular flexibility index (Phi) is 6.63.